The largest absolute Gasteiger partial charge is 0.329 e. The number of hydrogen-bond donors (Lipinski definition) is 6. The molecule has 0 amide bonds. The predicted molar refractivity (Wildman–Crippen MR) is 134 cm³/mol. The van der Waals surface area contributed by atoms with E-state index in [0.29, 0.717) is 26.2 Å². The Labute approximate surface area is 192 Å². The van der Waals surface area contributed by atoms with E-state index in [1.54, 1.807) is 0 Å². The zero-order valence-electron chi connectivity index (χ0n) is 20.5. The lowest BCUT2D eigenvalue weighted by atomic mass is 10.3. The van der Waals surface area contributed by atoms with Crippen LogP contribution in [-0.2, 0) is 0 Å². The monoisotopic (exact) mass is 446 g/mol. The van der Waals surface area contributed by atoms with Crippen LogP contribution in [0.25, 0.3) is 0 Å². The summed E-state index contributed by atoms with van der Waals surface area (Å²) in [6, 6.07) is 0. The SMILES string of the molecule is CCN(CCN)CCN(CCNCCN)CCN(CCNC)CCN(CCN)CCN. The third-order valence-electron chi connectivity index (χ3n) is 5.58. The Morgan fingerprint density at radius 1 is 0.484 bits per heavy atom. The predicted octanol–water partition coefficient (Wildman–Crippen LogP) is -3.14. The molecule has 10 nitrogen and oxygen atoms in total. The first-order chi connectivity index (χ1) is 15.1. The maximum absolute atomic E-state index is 5.76. The van der Waals surface area contributed by atoms with E-state index in [-0.39, 0.29) is 0 Å². The fourth-order valence-electron chi connectivity index (χ4n) is 3.56. The number of rotatable bonds is 24. The maximum Gasteiger partial charge on any atom is 0.0110 e. The van der Waals surface area contributed by atoms with Crippen molar-refractivity contribution in [2.75, 3.05) is 131 Å². The molecule has 0 aromatic carbocycles. The van der Waals surface area contributed by atoms with Crippen molar-refractivity contribution in [1.82, 2.24) is 30.2 Å². The summed E-state index contributed by atoms with van der Waals surface area (Å²) in [6.45, 7) is 20.0. The lowest BCUT2D eigenvalue weighted by Gasteiger charge is -2.31. The maximum atomic E-state index is 5.76. The minimum absolute atomic E-state index is 0.677. The van der Waals surface area contributed by atoms with Gasteiger partial charge in [-0.05, 0) is 13.6 Å². The van der Waals surface area contributed by atoms with Crippen LogP contribution in [0, 0.1) is 0 Å². The van der Waals surface area contributed by atoms with Gasteiger partial charge in [0.25, 0.3) is 0 Å². The van der Waals surface area contributed by atoms with Gasteiger partial charge in [0, 0.05) is 118 Å². The molecule has 31 heavy (non-hydrogen) atoms. The molecule has 0 radical (unpaired) electrons. The van der Waals surface area contributed by atoms with E-state index in [9.17, 15) is 0 Å². The Kier molecular flexibility index (Phi) is 22.5. The van der Waals surface area contributed by atoms with Crippen LogP contribution in [0.3, 0.4) is 0 Å². The van der Waals surface area contributed by atoms with Gasteiger partial charge < -0.3 is 38.5 Å². The van der Waals surface area contributed by atoms with Gasteiger partial charge in [-0.2, -0.15) is 0 Å². The molecule has 0 aliphatic carbocycles. The van der Waals surface area contributed by atoms with E-state index in [0.717, 1.165) is 98.2 Å². The molecule has 0 saturated heterocycles. The van der Waals surface area contributed by atoms with Gasteiger partial charge in [-0.1, -0.05) is 6.92 Å². The second-order valence-electron chi connectivity index (χ2n) is 7.97. The molecule has 0 bridgehead atoms. The molecule has 0 unspecified atom stereocenters. The number of hydrogen-bond acceptors (Lipinski definition) is 10. The molecule has 0 atom stereocenters. The van der Waals surface area contributed by atoms with E-state index >= 15 is 0 Å². The van der Waals surface area contributed by atoms with Gasteiger partial charge in [0.05, 0.1) is 0 Å². The fourth-order valence-corrected chi connectivity index (χ4v) is 3.56. The first kappa shape index (κ1) is 30.6. The van der Waals surface area contributed by atoms with E-state index in [1.165, 1.54) is 0 Å². The Bertz CT molecular complexity index is 355. The molecule has 0 aliphatic rings. The van der Waals surface area contributed by atoms with Crippen LogP contribution < -0.4 is 33.6 Å². The van der Waals surface area contributed by atoms with Gasteiger partial charge in [-0.3, -0.25) is 14.7 Å². The molecule has 0 aromatic rings. The average Bonchev–Trinajstić information content (AvgIpc) is 2.78. The van der Waals surface area contributed by atoms with Gasteiger partial charge >= 0.3 is 0 Å². The van der Waals surface area contributed by atoms with Crippen LogP contribution in [0.15, 0.2) is 0 Å². The summed E-state index contributed by atoms with van der Waals surface area (Å²) in [4.78, 5) is 9.91. The molecule has 0 rings (SSSR count). The lowest BCUT2D eigenvalue weighted by molar-refractivity contribution is 0.165. The van der Waals surface area contributed by atoms with Crippen molar-refractivity contribution in [2.24, 2.45) is 22.9 Å². The van der Waals surface area contributed by atoms with E-state index < -0.39 is 0 Å². The second kappa shape index (κ2) is 22.8. The highest BCUT2D eigenvalue weighted by Gasteiger charge is 2.12. The first-order valence-electron chi connectivity index (χ1n) is 12.2. The lowest BCUT2D eigenvalue weighted by Crippen LogP contribution is -2.46. The number of nitrogens with one attached hydrogen (secondary N) is 2. The van der Waals surface area contributed by atoms with Crippen molar-refractivity contribution in [3.63, 3.8) is 0 Å². The van der Waals surface area contributed by atoms with Crippen LogP contribution in [0.2, 0.25) is 0 Å². The molecule has 0 aliphatic heterocycles. The van der Waals surface area contributed by atoms with Crippen molar-refractivity contribution in [3.05, 3.63) is 0 Å². The number of nitrogens with zero attached hydrogens (tertiary/aromatic N) is 4. The fraction of sp³-hybridized carbons (Fsp3) is 1.00. The molecular weight excluding hydrogens is 392 g/mol. The summed E-state index contributed by atoms with van der Waals surface area (Å²) < 4.78 is 0. The molecule has 10 heteroatoms. The molecule has 0 aromatic heterocycles. The quantitative estimate of drug-likeness (QED) is 0.0842. The molecule has 10 N–H and O–H groups in total. The smallest absolute Gasteiger partial charge is 0.0110 e. The van der Waals surface area contributed by atoms with Gasteiger partial charge in [-0.15, -0.1) is 0 Å². The zero-order valence-corrected chi connectivity index (χ0v) is 20.5. The molecule has 188 valence electrons. The Morgan fingerprint density at radius 3 is 1.32 bits per heavy atom. The van der Waals surface area contributed by atoms with E-state index in [2.05, 4.69) is 37.2 Å². The summed E-state index contributed by atoms with van der Waals surface area (Å²) in [5.74, 6) is 0. The van der Waals surface area contributed by atoms with Crippen LogP contribution in [-0.4, -0.2) is 151 Å². The van der Waals surface area contributed by atoms with Gasteiger partial charge in [0.1, 0.15) is 0 Å². The molecule has 0 saturated carbocycles. The van der Waals surface area contributed by atoms with Crippen LogP contribution in [0.1, 0.15) is 6.92 Å². The Balaban J connectivity index is 4.72. The minimum atomic E-state index is 0.677. The van der Waals surface area contributed by atoms with Crippen molar-refractivity contribution in [1.29, 1.82) is 0 Å². The number of nitrogens with two attached hydrogens (primary N) is 4. The molecule has 0 heterocycles. The van der Waals surface area contributed by atoms with Crippen molar-refractivity contribution < 1.29 is 0 Å². The average molecular weight is 447 g/mol. The summed E-state index contributed by atoms with van der Waals surface area (Å²) in [5, 5.41) is 6.71. The highest BCUT2D eigenvalue weighted by molar-refractivity contribution is 4.70. The van der Waals surface area contributed by atoms with Crippen molar-refractivity contribution in [2.45, 2.75) is 6.92 Å². The normalized spacial score (nSPS) is 12.2. The number of likely N-dealkylation sites (N-methyl/N-ethyl adjacent to an activating group) is 2. The molecule has 0 spiro atoms. The van der Waals surface area contributed by atoms with Gasteiger partial charge in [0.15, 0.2) is 0 Å². The Hall–Kier alpha value is -0.400. The third-order valence-corrected chi connectivity index (χ3v) is 5.58. The topological polar surface area (TPSA) is 141 Å². The van der Waals surface area contributed by atoms with E-state index in [4.69, 9.17) is 22.9 Å². The van der Waals surface area contributed by atoms with Gasteiger partial charge in [-0.25, -0.2) is 0 Å². The first-order valence-corrected chi connectivity index (χ1v) is 12.2. The summed E-state index contributed by atoms with van der Waals surface area (Å²) in [6.07, 6.45) is 0. The second-order valence-corrected chi connectivity index (χ2v) is 7.97. The van der Waals surface area contributed by atoms with E-state index in [1.807, 2.05) is 7.05 Å². The summed E-state index contributed by atoms with van der Waals surface area (Å²) >= 11 is 0. The highest BCUT2D eigenvalue weighted by Crippen LogP contribution is 1.97. The van der Waals surface area contributed by atoms with Crippen LogP contribution >= 0.6 is 0 Å². The van der Waals surface area contributed by atoms with Crippen LogP contribution in [0.4, 0.5) is 0 Å². The van der Waals surface area contributed by atoms with Crippen molar-refractivity contribution >= 4 is 0 Å². The minimum Gasteiger partial charge on any atom is -0.329 e. The third kappa shape index (κ3) is 17.8. The highest BCUT2D eigenvalue weighted by atomic mass is 15.2. The van der Waals surface area contributed by atoms with Gasteiger partial charge in [0.2, 0.25) is 0 Å². The Morgan fingerprint density at radius 2 is 0.903 bits per heavy atom. The standard InChI is InChI=1S/C21H54N10/c1-3-28(11-5-23)16-17-31(15-10-27-8-4-22)21-20-30(14-9-26-2)19-18-29(12-6-24)13-7-25/h26-27H,3-25H2,1-2H3. The summed E-state index contributed by atoms with van der Waals surface area (Å²) in [5.41, 5.74) is 22.9. The van der Waals surface area contributed by atoms with Crippen molar-refractivity contribution in [3.8, 4) is 0 Å². The molecule has 0 fully saturated rings. The van der Waals surface area contributed by atoms with Crippen LogP contribution in [0.5, 0.6) is 0 Å². The molecular formula is C21H54N10. The summed E-state index contributed by atoms with van der Waals surface area (Å²) in [7, 11) is 2.01. The zero-order chi connectivity index (χ0) is 23.2.